The first kappa shape index (κ1) is 25.8. The van der Waals surface area contributed by atoms with Gasteiger partial charge < -0.3 is 19.7 Å². The average molecular weight is 490 g/mol. The van der Waals surface area contributed by atoms with Gasteiger partial charge in [0.15, 0.2) is 0 Å². The minimum absolute atomic E-state index is 0.00157. The van der Waals surface area contributed by atoms with Gasteiger partial charge in [-0.2, -0.15) is 13.2 Å². The number of benzene rings is 2. The molecule has 1 aliphatic rings. The van der Waals surface area contributed by atoms with Crippen molar-refractivity contribution in [1.29, 1.82) is 0 Å². The highest BCUT2D eigenvalue weighted by molar-refractivity contribution is 6.07. The number of nitrogens with zero attached hydrogens (tertiary/aromatic N) is 1. The van der Waals surface area contributed by atoms with Crippen LogP contribution in [0.5, 0.6) is 5.75 Å². The van der Waals surface area contributed by atoms with Gasteiger partial charge in [-0.15, -0.1) is 0 Å². The first-order valence-corrected chi connectivity index (χ1v) is 10.6. The van der Waals surface area contributed by atoms with E-state index in [1.54, 1.807) is 58.3 Å². The van der Waals surface area contributed by atoms with E-state index >= 15 is 0 Å². The number of alkyl halides is 3. The van der Waals surface area contributed by atoms with E-state index in [1.165, 1.54) is 12.0 Å². The van der Waals surface area contributed by atoms with E-state index < -0.39 is 18.1 Å². The maximum Gasteiger partial charge on any atom is 0.471 e. The molecule has 0 aliphatic carbocycles. The van der Waals surface area contributed by atoms with Crippen molar-refractivity contribution in [2.75, 3.05) is 26.5 Å². The molecule has 0 aromatic heterocycles. The van der Waals surface area contributed by atoms with Crippen LogP contribution in [0.3, 0.4) is 0 Å². The number of amides is 2. The Kier molecular flexibility index (Phi) is 7.23. The number of cyclic esters (lactones) is 1. The smallest absolute Gasteiger partial charge is 0.471 e. The summed E-state index contributed by atoms with van der Waals surface area (Å²) in [6.07, 6.45) is -1.86. The molecular formula is C25H25F3N2O5. The number of rotatable bonds is 6. The van der Waals surface area contributed by atoms with Crippen molar-refractivity contribution in [2.45, 2.75) is 33.1 Å². The Morgan fingerprint density at radius 3 is 2.51 bits per heavy atom. The number of aryl methyl sites for hydroxylation is 1. The number of allylic oxidation sites excluding steroid dienone is 1. The molecule has 1 aliphatic heterocycles. The number of methoxy groups -OCH3 is 1. The first-order chi connectivity index (χ1) is 16.4. The summed E-state index contributed by atoms with van der Waals surface area (Å²) in [6.45, 7) is 3.33. The van der Waals surface area contributed by atoms with E-state index in [0.717, 1.165) is 5.56 Å². The summed E-state index contributed by atoms with van der Waals surface area (Å²) in [5, 5.41) is 1.85. The number of hydrogen-bond acceptors (Lipinski definition) is 5. The van der Waals surface area contributed by atoms with Gasteiger partial charge in [0.2, 0.25) is 0 Å². The van der Waals surface area contributed by atoms with Crippen LogP contribution in [0.2, 0.25) is 0 Å². The van der Waals surface area contributed by atoms with E-state index in [4.69, 9.17) is 9.47 Å². The summed E-state index contributed by atoms with van der Waals surface area (Å²) in [7, 11) is 4.62. The fourth-order valence-corrected chi connectivity index (χ4v) is 4.02. The number of nitrogens with one attached hydrogen (secondary N) is 1. The van der Waals surface area contributed by atoms with Gasteiger partial charge in [-0.1, -0.05) is 30.4 Å². The van der Waals surface area contributed by atoms with Crippen LogP contribution < -0.4 is 10.1 Å². The van der Waals surface area contributed by atoms with Crippen LogP contribution in [-0.2, 0) is 22.6 Å². The van der Waals surface area contributed by atoms with E-state index in [-0.39, 0.29) is 41.5 Å². The number of carbonyl (C=O) groups excluding carboxylic acids is 3. The molecule has 10 heteroatoms. The Hall–Kier alpha value is -3.82. The van der Waals surface area contributed by atoms with Crippen molar-refractivity contribution in [3.63, 3.8) is 0 Å². The van der Waals surface area contributed by atoms with Gasteiger partial charge in [0.1, 0.15) is 12.4 Å². The van der Waals surface area contributed by atoms with Crippen molar-refractivity contribution in [2.24, 2.45) is 0 Å². The summed E-state index contributed by atoms with van der Waals surface area (Å²) < 4.78 is 49.7. The third kappa shape index (κ3) is 5.01. The average Bonchev–Trinajstić information content (AvgIpc) is 3.17. The lowest BCUT2D eigenvalue weighted by Crippen LogP contribution is -2.31. The highest BCUT2D eigenvalue weighted by Crippen LogP contribution is 2.42. The number of halogens is 3. The Morgan fingerprint density at radius 1 is 1.23 bits per heavy atom. The molecule has 0 radical (unpaired) electrons. The largest absolute Gasteiger partial charge is 0.496 e. The first-order valence-electron chi connectivity index (χ1n) is 10.6. The third-order valence-electron chi connectivity index (χ3n) is 5.72. The van der Waals surface area contributed by atoms with E-state index in [1.807, 2.05) is 5.32 Å². The molecule has 7 nitrogen and oxygen atoms in total. The zero-order valence-corrected chi connectivity index (χ0v) is 19.9. The number of anilines is 1. The van der Waals surface area contributed by atoms with Crippen molar-refractivity contribution in [3.8, 4) is 5.75 Å². The van der Waals surface area contributed by atoms with Crippen LogP contribution >= 0.6 is 0 Å². The van der Waals surface area contributed by atoms with Crippen LogP contribution in [0.25, 0.3) is 6.08 Å². The van der Waals surface area contributed by atoms with Gasteiger partial charge in [0, 0.05) is 30.8 Å². The predicted octanol–water partition coefficient (Wildman–Crippen LogP) is 4.44. The minimum atomic E-state index is -5.16. The van der Waals surface area contributed by atoms with Crippen LogP contribution in [0.15, 0.2) is 24.3 Å². The maximum absolute atomic E-state index is 13.1. The molecule has 2 aromatic rings. The SMILES string of the molecule is COc1c(C)c2c(c(NC(=O)C(F)(F)F)c1CC=Cc1cccc(C)c1C(=O)N(C)C)C(=O)OC2. The summed E-state index contributed by atoms with van der Waals surface area (Å²) in [4.78, 5) is 38.3. The molecule has 0 spiro atoms. The van der Waals surface area contributed by atoms with Gasteiger partial charge in [0.05, 0.1) is 18.4 Å². The fourth-order valence-electron chi connectivity index (χ4n) is 4.02. The zero-order valence-electron chi connectivity index (χ0n) is 19.9. The molecule has 186 valence electrons. The zero-order chi connectivity index (χ0) is 26.1. The van der Waals surface area contributed by atoms with Gasteiger partial charge in [-0.05, 0) is 37.0 Å². The van der Waals surface area contributed by atoms with Crippen molar-refractivity contribution >= 4 is 29.5 Å². The quantitative estimate of drug-likeness (QED) is 0.606. The number of hydrogen-bond donors (Lipinski definition) is 1. The van der Waals surface area contributed by atoms with Crippen LogP contribution in [0, 0.1) is 13.8 Å². The Balaban J connectivity index is 2.12. The van der Waals surface area contributed by atoms with Gasteiger partial charge in [-0.25, -0.2) is 4.79 Å². The topological polar surface area (TPSA) is 84.9 Å². The molecule has 0 bridgehead atoms. The molecule has 0 fully saturated rings. The number of ether oxygens (including phenoxy) is 2. The highest BCUT2D eigenvalue weighted by Gasteiger charge is 2.41. The van der Waals surface area contributed by atoms with Crippen LogP contribution in [0.1, 0.15) is 48.5 Å². The third-order valence-corrected chi connectivity index (χ3v) is 5.72. The predicted molar refractivity (Wildman–Crippen MR) is 123 cm³/mol. The van der Waals surface area contributed by atoms with E-state index in [0.29, 0.717) is 22.3 Å². The van der Waals surface area contributed by atoms with E-state index in [2.05, 4.69) is 0 Å². The molecule has 0 atom stereocenters. The monoisotopic (exact) mass is 490 g/mol. The number of fused-ring (bicyclic) bond motifs is 1. The molecule has 3 rings (SSSR count). The normalized spacial score (nSPS) is 13.0. The second-order valence-corrected chi connectivity index (χ2v) is 8.24. The standard InChI is InChI=1S/C25H25F3N2O5/c1-13-8-6-9-15(18(13)22(31)30(3)4)10-7-11-16-20(29-24(33)25(26,27)28)19-17(12-35-23(19)32)14(2)21(16)34-5/h6-10H,11-12H2,1-5H3,(H,29,33). The summed E-state index contributed by atoms with van der Waals surface area (Å²) >= 11 is 0. The molecule has 0 saturated heterocycles. The highest BCUT2D eigenvalue weighted by atomic mass is 19.4. The molecular weight excluding hydrogens is 465 g/mol. The molecule has 2 aromatic carbocycles. The molecule has 0 unspecified atom stereocenters. The maximum atomic E-state index is 13.1. The van der Waals surface area contributed by atoms with Crippen molar-refractivity contribution < 1.29 is 37.0 Å². The molecule has 1 N–H and O–H groups in total. The lowest BCUT2D eigenvalue weighted by Gasteiger charge is -2.20. The summed E-state index contributed by atoms with van der Waals surface area (Å²) in [5.41, 5.74) is 2.51. The van der Waals surface area contributed by atoms with Crippen LogP contribution in [0.4, 0.5) is 18.9 Å². The van der Waals surface area contributed by atoms with Gasteiger partial charge in [-0.3, -0.25) is 9.59 Å². The van der Waals surface area contributed by atoms with Crippen LogP contribution in [-0.4, -0.2) is 50.1 Å². The Labute approximate surface area is 200 Å². The molecule has 2 amide bonds. The Morgan fingerprint density at radius 2 is 1.91 bits per heavy atom. The summed E-state index contributed by atoms with van der Waals surface area (Å²) in [5.74, 6) is -3.01. The lowest BCUT2D eigenvalue weighted by molar-refractivity contribution is -0.167. The van der Waals surface area contributed by atoms with Gasteiger partial charge >= 0.3 is 18.1 Å². The van der Waals surface area contributed by atoms with E-state index in [9.17, 15) is 27.6 Å². The lowest BCUT2D eigenvalue weighted by atomic mass is 9.93. The Bertz CT molecular complexity index is 1230. The fraction of sp³-hybridized carbons (Fsp3) is 0.320. The molecule has 1 heterocycles. The molecule has 35 heavy (non-hydrogen) atoms. The number of carbonyl (C=O) groups is 3. The summed E-state index contributed by atoms with van der Waals surface area (Å²) in [6, 6.07) is 5.33. The molecule has 0 saturated carbocycles. The van der Waals surface area contributed by atoms with Crippen molar-refractivity contribution in [3.05, 3.63) is 63.2 Å². The van der Waals surface area contributed by atoms with Crippen molar-refractivity contribution in [1.82, 2.24) is 4.90 Å². The minimum Gasteiger partial charge on any atom is -0.496 e. The number of esters is 1. The second kappa shape index (κ2) is 9.81. The van der Waals surface area contributed by atoms with Gasteiger partial charge in [0.25, 0.3) is 5.91 Å². The second-order valence-electron chi connectivity index (χ2n) is 8.24.